The number of aliphatic hydroxyl groups excluding tert-OH is 1. The summed E-state index contributed by atoms with van der Waals surface area (Å²) < 4.78 is 5.83. The number of hydrogen-bond donors (Lipinski definition) is 2. The number of rotatable bonds is 9. The first kappa shape index (κ1) is 32.7. The van der Waals surface area contributed by atoms with Crippen LogP contribution >= 0.6 is 0 Å². The highest BCUT2D eigenvalue weighted by molar-refractivity contribution is 5.85. The van der Waals surface area contributed by atoms with Crippen molar-refractivity contribution in [1.29, 1.82) is 0 Å². The average molecular weight is 589 g/mol. The fourth-order valence-electron chi connectivity index (χ4n) is 9.89. The van der Waals surface area contributed by atoms with Crippen molar-refractivity contribution in [3.8, 4) is 0 Å². The number of ether oxygens (including phenoxy) is 1. The quantitative estimate of drug-likeness (QED) is 0.102. The molecule has 0 spiro atoms. The second-order valence-corrected chi connectivity index (χ2v) is 14.8. The Bertz CT molecular complexity index is 1150. The molecule has 236 valence electrons. The highest BCUT2D eigenvalue weighted by Crippen LogP contribution is 2.72. The molecule has 0 saturated heterocycles. The number of carbonyl (C=O) groups excluding carboxylic acids is 2. The Hall–Kier alpha value is -2.19. The number of carboxylic acid groups (broad SMARTS) is 1. The summed E-state index contributed by atoms with van der Waals surface area (Å²) in [7, 11) is 0. The molecule has 0 radical (unpaired) electrons. The monoisotopic (exact) mass is 588 g/mol. The molecule has 0 bridgehead atoms. The zero-order valence-electron chi connectivity index (χ0n) is 26.9. The summed E-state index contributed by atoms with van der Waals surface area (Å²) in [6.45, 7) is 16.1. The van der Waals surface area contributed by atoms with Gasteiger partial charge in [-0.15, -0.1) is 0 Å². The maximum atomic E-state index is 12.1. The van der Waals surface area contributed by atoms with E-state index < -0.39 is 18.0 Å². The third-order valence-electron chi connectivity index (χ3n) is 12.6. The first-order valence-electron chi connectivity index (χ1n) is 15.8. The lowest BCUT2D eigenvalue weighted by molar-refractivity contribution is -0.307. The zero-order chi connectivity index (χ0) is 31.3. The number of aliphatic carboxylic acids is 1. The number of carboxylic acids is 1. The number of fused-ring (bicyclic) bond motifs is 4. The van der Waals surface area contributed by atoms with Crippen LogP contribution in [0.3, 0.4) is 0 Å². The molecule has 0 amide bonds. The van der Waals surface area contributed by atoms with E-state index in [2.05, 4.69) is 34.6 Å². The van der Waals surface area contributed by atoms with Gasteiger partial charge in [0.25, 0.3) is 0 Å². The smallest absolute Gasteiger partial charge is 0.339 e. The van der Waals surface area contributed by atoms with Gasteiger partial charge in [0.15, 0.2) is 0 Å². The molecule has 1 unspecified atom stereocenters. The number of carbonyl (C=O) groups is 3. The number of hydrogen-bond acceptors (Lipinski definition) is 7. The Kier molecular flexibility index (Phi) is 9.13. The fraction of sp³-hybridized carbons (Fsp3) is 0.794. The Morgan fingerprint density at radius 3 is 2.26 bits per heavy atom. The van der Waals surface area contributed by atoms with E-state index in [0.717, 1.165) is 44.9 Å². The molecule has 0 heterocycles. The third-order valence-corrected chi connectivity index (χ3v) is 12.6. The lowest BCUT2D eigenvalue weighted by Gasteiger charge is -2.62. The molecule has 8 heteroatoms. The van der Waals surface area contributed by atoms with Gasteiger partial charge in [-0.2, -0.15) is 4.89 Å². The maximum absolute atomic E-state index is 12.1. The van der Waals surface area contributed by atoms with Gasteiger partial charge in [-0.3, -0.25) is 9.68 Å². The molecule has 0 aliphatic heterocycles. The molecule has 4 aliphatic carbocycles. The summed E-state index contributed by atoms with van der Waals surface area (Å²) in [6.07, 6.45) is 8.59. The van der Waals surface area contributed by atoms with Crippen LogP contribution in [0.15, 0.2) is 22.8 Å². The molecule has 8 nitrogen and oxygen atoms in total. The Morgan fingerprint density at radius 1 is 0.952 bits per heavy atom. The molecule has 42 heavy (non-hydrogen) atoms. The Labute approximate surface area is 251 Å². The minimum atomic E-state index is -0.974. The van der Waals surface area contributed by atoms with Gasteiger partial charge in [-0.25, -0.2) is 9.59 Å². The van der Waals surface area contributed by atoms with Crippen molar-refractivity contribution in [3.05, 3.63) is 22.8 Å². The molecule has 2 fully saturated rings. The Morgan fingerprint density at radius 2 is 1.64 bits per heavy atom. The highest BCUT2D eigenvalue weighted by Gasteiger charge is 2.65. The summed E-state index contributed by atoms with van der Waals surface area (Å²) in [5, 5.41) is 20.4. The minimum Gasteiger partial charge on any atom is -0.478 e. The summed E-state index contributed by atoms with van der Waals surface area (Å²) in [6, 6.07) is 0. The van der Waals surface area contributed by atoms with Gasteiger partial charge in [0, 0.05) is 24.8 Å². The predicted molar refractivity (Wildman–Crippen MR) is 158 cm³/mol. The highest BCUT2D eigenvalue weighted by atomic mass is 17.2. The summed E-state index contributed by atoms with van der Waals surface area (Å²) >= 11 is 0. The number of esters is 1. The first-order chi connectivity index (χ1) is 19.5. The molecule has 2 N–H and O–H groups in total. The SMILES string of the molecule is CC(=O)OC[C@]12CCC(O)C(C)(C)[C@@H]1CCC1=C2CC[C@]2(C)[C@@H]([C@H](C)[C@@H](C/C=C(\C)C(=O)O)OOC(C)=O)CC[C@@]12C. The van der Waals surface area contributed by atoms with Gasteiger partial charge < -0.3 is 14.9 Å². The molecule has 4 rings (SSSR count). The largest absolute Gasteiger partial charge is 0.478 e. The van der Waals surface area contributed by atoms with Gasteiger partial charge in [0.2, 0.25) is 0 Å². The van der Waals surface area contributed by atoms with E-state index in [1.807, 2.05) is 0 Å². The van der Waals surface area contributed by atoms with Crippen molar-refractivity contribution in [2.24, 2.45) is 39.4 Å². The molecule has 8 atom stereocenters. The van der Waals surface area contributed by atoms with Gasteiger partial charge >= 0.3 is 17.9 Å². The third kappa shape index (κ3) is 5.36. The average Bonchev–Trinajstić information content (AvgIpc) is 3.20. The van der Waals surface area contributed by atoms with Crippen molar-refractivity contribution in [2.75, 3.05) is 6.61 Å². The zero-order valence-corrected chi connectivity index (χ0v) is 26.9. The standard InChI is InChI=1S/C34H52O8/c1-20(30(38)39)9-11-27(42-41-23(4)36)21(2)24-13-16-33(8)25-10-12-28-31(5,6)29(37)15-18-34(28,19-40-22(3)35)26(25)14-17-32(24,33)7/h9,21,24,27-29,37H,10-19H2,1-8H3,(H,38,39)/b20-9+/t21-,24+,27+,28-,29?,32+,33-,34-/m0/s1. The van der Waals surface area contributed by atoms with E-state index in [-0.39, 0.29) is 57.1 Å². The van der Waals surface area contributed by atoms with E-state index in [1.54, 1.807) is 13.0 Å². The summed E-state index contributed by atoms with van der Waals surface area (Å²) in [5.74, 6) is -1.23. The lowest BCUT2D eigenvalue weighted by Crippen LogP contribution is -2.57. The summed E-state index contributed by atoms with van der Waals surface area (Å²) in [4.78, 5) is 45.9. The van der Waals surface area contributed by atoms with Crippen LogP contribution in [0.1, 0.15) is 113 Å². The van der Waals surface area contributed by atoms with Crippen LogP contribution in [-0.2, 0) is 28.9 Å². The van der Waals surface area contributed by atoms with Gasteiger partial charge in [0.1, 0.15) is 12.7 Å². The second kappa shape index (κ2) is 11.7. The van der Waals surface area contributed by atoms with Crippen molar-refractivity contribution in [3.63, 3.8) is 0 Å². The molecular weight excluding hydrogens is 536 g/mol. The molecule has 2 saturated carbocycles. The van der Waals surface area contributed by atoms with Crippen molar-refractivity contribution < 1.29 is 39.1 Å². The van der Waals surface area contributed by atoms with Crippen molar-refractivity contribution in [1.82, 2.24) is 0 Å². The predicted octanol–water partition coefficient (Wildman–Crippen LogP) is 6.56. The minimum absolute atomic E-state index is 0.0197. The van der Waals surface area contributed by atoms with E-state index in [9.17, 15) is 24.6 Å². The molecule has 4 aliphatic rings. The van der Waals surface area contributed by atoms with Gasteiger partial charge in [-0.1, -0.05) is 51.8 Å². The Balaban J connectivity index is 1.71. The normalized spacial score (nSPS) is 37.2. The fourth-order valence-corrected chi connectivity index (χ4v) is 9.89. The van der Waals surface area contributed by atoms with Gasteiger partial charge in [0.05, 0.1) is 6.10 Å². The second-order valence-electron chi connectivity index (χ2n) is 14.8. The van der Waals surface area contributed by atoms with E-state index in [1.165, 1.54) is 25.0 Å². The van der Waals surface area contributed by atoms with Gasteiger partial charge in [-0.05, 0) is 98.7 Å². The number of aliphatic hydroxyl groups is 1. The topological polar surface area (TPSA) is 119 Å². The molecule has 0 aromatic rings. The van der Waals surface area contributed by atoms with E-state index in [4.69, 9.17) is 14.5 Å². The van der Waals surface area contributed by atoms with Crippen LogP contribution in [0.5, 0.6) is 0 Å². The van der Waals surface area contributed by atoms with Crippen LogP contribution in [0, 0.1) is 39.4 Å². The van der Waals surface area contributed by atoms with Crippen molar-refractivity contribution >= 4 is 17.9 Å². The van der Waals surface area contributed by atoms with E-state index in [0.29, 0.717) is 19.4 Å². The summed E-state index contributed by atoms with van der Waals surface area (Å²) in [5.41, 5.74) is 2.63. The van der Waals surface area contributed by atoms with Crippen LogP contribution in [0.2, 0.25) is 0 Å². The molecule has 0 aromatic carbocycles. The first-order valence-corrected chi connectivity index (χ1v) is 15.8. The number of allylic oxidation sites excluding steroid dienone is 1. The van der Waals surface area contributed by atoms with Crippen LogP contribution < -0.4 is 0 Å². The maximum Gasteiger partial charge on any atom is 0.339 e. The molecular formula is C34H52O8. The molecule has 0 aromatic heterocycles. The van der Waals surface area contributed by atoms with Crippen LogP contribution in [0.4, 0.5) is 0 Å². The van der Waals surface area contributed by atoms with E-state index >= 15 is 0 Å². The van der Waals surface area contributed by atoms with Crippen molar-refractivity contribution in [2.45, 2.75) is 125 Å². The lowest BCUT2D eigenvalue weighted by atomic mass is 9.43. The van der Waals surface area contributed by atoms with Crippen LogP contribution in [-0.4, -0.2) is 46.9 Å². The van der Waals surface area contributed by atoms with Crippen LogP contribution in [0.25, 0.3) is 0 Å².